The predicted molar refractivity (Wildman–Crippen MR) is 90.1 cm³/mol. The van der Waals surface area contributed by atoms with E-state index in [-0.39, 0.29) is 11.9 Å². The molecule has 5 nitrogen and oxygen atoms in total. The Bertz CT molecular complexity index is 659. The average molecular weight is 310 g/mol. The van der Waals surface area contributed by atoms with Crippen molar-refractivity contribution in [3.05, 3.63) is 65.5 Å². The lowest BCUT2D eigenvalue weighted by molar-refractivity contribution is 0.0962. The van der Waals surface area contributed by atoms with Gasteiger partial charge in [0.15, 0.2) is 0 Å². The van der Waals surface area contributed by atoms with Gasteiger partial charge in [0.05, 0.1) is 0 Å². The van der Waals surface area contributed by atoms with Crippen molar-refractivity contribution in [2.24, 2.45) is 0 Å². The molecule has 0 unspecified atom stereocenters. The topological polar surface area (TPSA) is 57.3 Å². The second-order valence-corrected chi connectivity index (χ2v) is 5.76. The number of aromatic nitrogens is 1. The lowest BCUT2D eigenvalue weighted by atomic mass is 10.00. The van der Waals surface area contributed by atoms with Gasteiger partial charge in [-0.1, -0.05) is 18.2 Å². The minimum Gasteiger partial charge on any atom is -0.355 e. The number of carbonyl (C=O) groups is 1. The Morgan fingerprint density at radius 1 is 1.39 bits per heavy atom. The summed E-state index contributed by atoms with van der Waals surface area (Å²) >= 11 is 0. The maximum absolute atomic E-state index is 11.9. The fourth-order valence-electron chi connectivity index (χ4n) is 3.02. The van der Waals surface area contributed by atoms with Crippen LogP contribution in [0.2, 0.25) is 0 Å². The molecule has 0 radical (unpaired) electrons. The molecule has 0 saturated carbocycles. The summed E-state index contributed by atoms with van der Waals surface area (Å²) in [6.45, 7) is 3.71. The van der Waals surface area contributed by atoms with E-state index in [9.17, 15) is 4.79 Å². The molecule has 1 fully saturated rings. The van der Waals surface area contributed by atoms with E-state index in [0.29, 0.717) is 5.56 Å². The SMILES string of the molecule is CNC(=O)c1cccc([C@@H]2CNCCN2Cc2cccnc2)c1. The highest BCUT2D eigenvalue weighted by Gasteiger charge is 2.24. The molecule has 2 N–H and O–H groups in total. The van der Waals surface area contributed by atoms with Gasteiger partial charge in [-0.3, -0.25) is 14.7 Å². The Kier molecular flexibility index (Phi) is 5.00. The van der Waals surface area contributed by atoms with Crippen LogP contribution in [0, 0.1) is 0 Å². The van der Waals surface area contributed by atoms with Gasteiger partial charge in [0.2, 0.25) is 0 Å². The third-order valence-electron chi connectivity index (χ3n) is 4.22. The minimum atomic E-state index is -0.0468. The highest BCUT2D eigenvalue weighted by atomic mass is 16.1. The molecular weight excluding hydrogens is 288 g/mol. The van der Waals surface area contributed by atoms with Gasteiger partial charge < -0.3 is 10.6 Å². The Hall–Kier alpha value is -2.24. The number of pyridine rings is 1. The summed E-state index contributed by atoms with van der Waals surface area (Å²) in [5.74, 6) is -0.0468. The summed E-state index contributed by atoms with van der Waals surface area (Å²) in [5.41, 5.74) is 3.08. The standard InChI is InChI=1S/C18H22N4O/c1-19-18(23)16-6-2-5-15(10-16)17-12-21-8-9-22(17)13-14-4-3-7-20-11-14/h2-7,10-11,17,21H,8-9,12-13H2,1H3,(H,19,23)/t17-/m0/s1. The number of rotatable bonds is 4. The molecule has 2 heterocycles. The third-order valence-corrected chi connectivity index (χ3v) is 4.22. The van der Waals surface area contributed by atoms with E-state index < -0.39 is 0 Å². The molecule has 1 amide bonds. The maximum atomic E-state index is 11.9. The number of hydrogen-bond donors (Lipinski definition) is 2. The highest BCUT2D eigenvalue weighted by molar-refractivity contribution is 5.94. The molecule has 1 aliphatic rings. The van der Waals surface area contributed by atoms with E-state index in [2.05, 4.69) is 32.7 Å². The average Bonchev–Trinajstić information content (AvgIpc) is 2.62. The Labute approximate surface area is 136 Å². The molecule has 1 aromatic carbocycles. The number of piperazine rings is 1. The summed E-state index contributed by atoms with van der Waals surface area (Å²) < 4.78 is 0. The number of benzene rings is 1. The van der Waals surface area contributed by atoms with Gasteiger partial charge in [0.1, 0.15) is 0 Å². The lowest BCUT2D eigenvalue weighted by Crippen LogP contribution is -2.45. The van der Waals surface area contributed by atoms with E-state index in [0.717, 1.165) is 26.2 Å². The van der Waals surface area contributed by atoms with Crippen LogP contribution in [0.4, 0.5) is 0 Å². The molecule has 5 heteroatoms. The summed E-state index contributed by atoms with van der Waals surface area (Å²) in [6.07, 6.45) is 3.71. The van der Waals surface area contributed by atoms with Crippen LogP contribution in [-0.4, -0.2) is 42.5 Å². The van der Waals surface area contributed by atoms with Crippen molar-refractivity contribution in [1.29, 1.82) is 0 Å². The minimum absolute atomic E-state index is 0.0468. The summed E-state index contributed by atoms with van der Waals surface area (Å²) in [5, 5.41) is 6.14. The third kappa shape index (κ3) is 3.75. The quantitative estimate of drug-likeness (QED) is 0.900. The fourth-order valence-corrected chi connectivity index (χ4v) is 3.02. The Balaban J connectivity index is 1.82. The molecule has 120 valence electrons. The van der Waals surface area contributed by atoms with Crippen molar-refractivity contribution in [3.63, 3.8) is 0 Å². The van der Waals surface area contributed by atoms with E-state index in [1.807, 2.05) is 30.5 Å². The van der Waals surface area contributed by atoms with E-state index in [4.69, 9.17) is 0 Å². The molecule has 1 aromatic heterocycles. The van der Waals surface area contributed by atoms with E-state index >= 15 is 0 Å². The number of hydrogen-bond acceptors (Lipinski definition) is 4. The van der Waals surface area contributed by atoms with Crippen molar-refractivity contribution in [3.8, 4) is 0 Å². The van der Waals surface area contributed by atoms with Crippen LogP contribution in [0.5, 0.6) is 0 Å². The highest BCUT2D eigenvalue weighted by Crippen LogP contribution is 2.24. The van der Waals surface area contributed by atoms with Crippen LogP contribution in [0.1, 0.15) is 27.5 Å². The summed E-state index contributed by atoms with van der Waals surface area (Å²) in [4.78, 5) is 18.5. The van der Waals surface area contributed by atoms with Gasteiger partial charge in [-0.15, -0.1) is 0 Å². The molecule has 23 heavy (non-hydrogen) atoms. The Morgan fingerprint density at radius 2 is 2.30 bits per heavy atom. The first-order chi connectivity index (χ1) is 11.3. The maximum Gasteiger partial charge on any atom is 0.251 e. The zero-order valence-electron chi connectivity index (χ0n) is 13.3. The predicted octanol–water partition coefficient (Wildman–Crippen LogP) is 1.59. The van der Waals surface area contributed by atoms with Crippen molar-refractivity contribution in [2.45, 2.75) is 12.6 Å². The van der Waals surface area contributed by atoms with Crippen LogP contribution < -0.4 is 10.6 Å². The van der Waals surface area contributed by atoms with Crippen LogP contribution in [0.15, 0.2) is 48.8 Å². The van der Waals surface area contributed by atoms with Crippen molar-refractivity contribution >= 4 is 5.91 Å². The Morgan fingerprint density at radius 3 is 3.09 bits per heavy atom. The van der Waals surface area contributed by atoms with Gasteiger partial charge in [-0.2, -0.15) is 0 Å². The van der Waals surface area contributed by atoms with E-state index in [1.165, 1.54) is 11.1 Å². The van der Waals surface area contributed by atoms with Crippen molar-refractivity contribution < 1.29 is 4.79 Å². The molecule has 1 atom stereocenters. The molecule has 2 aromatic rings. The van der Waals surface area contributed by atoms with Gasteiger partial charge in [-0.05, 0) is 29.3 Å². The molecule has 1 saturated heterocycles. The summed E-state index contributed by atoms with van der Waals surface area (Å²) in [6, 6.07) is 12.2. The van der Waals surface area contributed by atoms with Crippen LogP contribution in [0.25, 0.3) is 0 Å². The second kappa shape index (κ2) is 7.35. The molecule has 1 aliphatic heterocycles. The van der Waals surface area contributed by atoms with Crippen LogP contribution in [0.3, 0.4) is 0 Å². The monoisotopic (exact) mass is 310 g/mol. The largest absolute Gasteiger partial charge is 0.355 e. The van der Waals surface area contributed by atoms with Crippen LogP contribution in [-0.2, 0) is 6.54 Å². The first-order valence-corrected chi connectivity index (χ1v) is 7.93. The number of nitrogens with zero attached hydrogens (tertiary/aromatic N) is 2. The number of nitrogens with one attached hydrogen (secondary N) is 2. The lowest BCUT2D eigenvalue weighted by Gasteiger charge is -2.36. The zero-order chi connectivity index (χ0) is 16.1. The normalized spacial score (nSPS) is 18.6. The first kappa shape index (κ1) is 15.6. The molecular formula is C18H22N4O. The zero-order valence-corrected chi connectivity index (χ0v) is 13.3. The molecule has 0 spiro atoms. The molecule has 0 aliphatic carbocycles. The summed E-state index contributed by atoms with van der Waals surface area (Å²) in [7, 11) is 1.66. The van der Waals surface area contributed by atoms with Gasteiger partial charge in [0.25, 0.3) is 5.91 Å². The van der Waals surface area contributed by atoms with Crippen molar-refractivity contribution in [1.82, 2.24) is 20.5 Å². The van der Waals surface area contributed by atoms with Crippen molar-refractivity contribution in [2.75, 3.05) is 26.7 Å². The number of amides is 1. The first-order valence-electron chi connectivity index (χ1n) is 7.93. The van der Waals surface area contributed by atoms with E-state index in [1.54, 1.807) is 13.2 Å². The smallest absolute Gasteiger partial charge is 0.251 e. The molecule has 0 bridgehead atoms. The number of carbonyl (C=O) groups excluding carboxylic acids is 1. The fraction of sp³-hybridized carbons (Fsp3) is 0.333. The molecule has 3 rings (SSSR count). The van der Waals surface area contributed by atoms with Crippen LogP contribution >= 0.6 is 0 Å². The van der Waals surface area contributed by atoms with Gasteiger partial charge >= 0.3 is 0 Å². The van der Waals surface area contributed by atoms with Gasteiger partial charge in [-0.25, -0.2) is 0 Å². The van der Waals surface area contributed by atoms with Gasteiger partial charge in [0, 0.05) is 57.2 Å². The second-order valence-electron chi connectivity index (χ2n) is 5.76.